The molecule has 50 heavy (non-hydrogen) atoms. The molecule has 2 nitrogen and oxygen atoms in total. The van der Waals surface area contributed by atoms with Crippen LogP contribution in [-0.4, -0.2) is 4.57 Å². The molecular weight excluding hydrogens is 605 g/mol. The van der Waals surface area contributed by atoms with Gasteiger partial charge in [-0.1, -0.05) is 146 Å². The van der Waals surface area contributed by atoms with Gasteiger partial charge in [-0.15, -0.1) is 0 Å². The summed E-state index contributed by atoms with van der Waals surface area (Å²) in [6.45, 7) is 0. The molecule has 0 fully saturated rings. The van der Waals surface area contributed by atoms with E-state index in [4.69, 9.17) is 0 Å². The molecule has 0 aliphatic heterocycles. The third-order valence-electron chi connectivity index (χ3n) is 10.1. The molecule has 10 aromatic rings. The lowest BCUT2D eigenvalue weighted by Crippen LogP contribution is -2.11. The minimum Gasteiger partial charge on any atom is -0.310 e. The van der Waals surface area contributed by atoms with E-state index in [0.29, 0.717) is 0 Å². The molecule has 0 bridgehead atoms. The van der Waals surface area contributed by atoms with Gasteiger partial charge in [0.25, 0.3) is 0 Å². The predicted molar refractivity (Wildman–Crippen MR) is 213 cm³/mol. The van der Waals surface area contributed by atoms with Crippen LogP contribution in [-0.2, 0) is 0 Å². The van der Waals surface area contributed by atoms with Crippen LogP contribution in [0.1, 0.15) is 0 Å². The van der Waals surface area contributed by atoms with Crippen LogP contribution < -0.4 is 4.90 Å². The highest BCUT2D eigenvalue weighted by atomic mass is 15.1. The topological polar surface area (TPSA) is 8.17 Å². The van der Waals surface area contributed by atoms with Crippen molar-refractivity contribution in [3.8, 4) is 16.8 Å². The van der Waals surface area contributed by atoms with E-state index in [-0.39, 0.29) is 0 Å². The van der Waals surface area contributed by atoms with Gasteiger partial charge >= 0.3 is 0 Å². The molecule has 0 saturated carbocycles. The third-order valence-corrected chi connectivity index (χ3v) is 10.1. The number of hydrogen-bond acceptors (Lipinski definition) is 1. The Morgan fingerprint density at radius 3 is 1.78 bits per heavy atom. The molecule has 0 saturated heterocycles. The molecule has 234 valence electrons. The van der Waals surface area contributed by atoms with Crippen LogP contribution in [0.3, 0.4) is 0 Å². The smallest absolute Gasteiger partial charge is 0.0561 e. The molecule has 0 N–H and O–H groups in total. The van der Waals surface area contributed by atoms with Crippen LogP contribution in [0.2, 0.25) is 0 Å². The average Bonchev–Trinajstić information content (AvgIpc) is 3.52. The highest BCUT2D eigenvalue weighted by Crippen LogP contribution is 2.44. The summed E-state index contributed by atoms with van der Waals surface area (Å²) in [5.41, 5.74) is 9.24. The Balaban J connectivity index is 1.25. The summed E-state index contributed by atoms with van der Waals surface area (Å²) >= 11 is 0. The SMILES string of the molecule is c1ccc(-c2ccccc2N(c2ccc3c(ccc4ccc5ccccc5c43)c2)c2ccc3c4ccccc4n(-c4ccccc4)c3c2)cc1. The van der Waals surface area contributed by atoms with Crippen LogP contribution in [0.5, 0.6) is 0 Å². The molecule has 0 aliphatic carbocycles. The van der Waals surface area contributed by atoms with Crippen LogP contribution in [0, 0.1) is 0 Å². The van der Waals surface area contributed by atoms with E-state index in [9.17, 15) is 0 Å². The Kier molecular flexibility index (Phi) is 6.53. The summed E-state index contributed by atoms with van der Waals surface area (Å²) in [5, 5.41) is 10.1. The molecule has 0 aliphatic rings. The van der Waals surface area contributed by atoms with Gasteiger partial charge in [0.15, 0.2) is 0 Å². The quantitative estimate of drug-likeness (QED) is 0.171. The van der Waals surface area contributed by atoms with Crippen molar-refractivity contribution in [3.63, 3.8) is 0 Å². The summed E-state index contributed by atoms with van der Waals surface area (Å²) in [6, 6.07) is 70.5. The van der Waals surface area contributed by atoms with Gasteiger partial charge in [0, 0.05) is 33.4 Å². The number of fused-ring (bicyclic) bond motifs is 8. The highest BCUT2D eigenvalue weighted by molar-refractivity contribution is 6.20. The van der Waals surface area contributed by atoms with Gasteiger partial charge in [-0.3, -0.25) is 0 Å². The van der Waals surface area contributed by atoms with Gasteiger partial charge in [0.05, 0.1) is 16.7 Å². The predicted octanol–water partition coefficient (Wildman–Crippen LogP) is 13.4. The molecule has 10 rings (SSSR count). The fourth-order valence-corrected chi connectivity index (χ4v) is 7.87. The minimum atomic E-state index is 1.10. The Morgan fingerprint density at radius 2 is 0.940 bits per heavy atom. The zero-order valence-corrected chi connectivity index (χ0v) is 27.4. The first kappa shape index (κ1) is 28.4. The summed E-state index contributed by atoms with van der Waals surface area (Å²) < 4.78 is 2.40. The van der Waals surface area contributed by atoms with Gasteiger partial charge in [0.1, 0.15) is 0 Å². The van der Waals surface area contributed by atoms with Gasteiger partial charge in [0.2, 0.25) is 0 Å². The second-order valence-electron chi connectivity index (χ2n) is 13.0. The number of hydrogen-bond donors (Lipinski definition) is 0. The molecule has 9 aromatic carbocycles. The zero-order chi connectivity index (χ0) is 33.0. The minimum absolute atomic E-state index is 1.10. The third kappa shape index (κ3) is 4.50. The van der Waals surface area contributed by atoms with Crippen LogP contribution in [0.25, 0.3) is 70.9 Å². The van der Waals surface area contributed by atoms with Crippen molar-refractivity contribution in [2.75, 3.05) is 4.90 Å². The van der Waals surface area contributed by atoms with Crippen molar-refractivity contribution in [1.82, 2.24) is 4.57 Å². The van der Waals surface area contributed by atoms with Crippen molar-refractivity contribution >= 4 is 71.2 Å². The Labute approximate surface area is 290 Å². The molecule has 0 spiro atoms. The van der Waals surface area contributed by atoms with Crippen LogP contribution in [0.4, 0.5) is 17.1 Å². The van der Waals surface area contributed by atoms with E-state index in [1.54, 1.807) is 0 Å². The number of aromatic nitrogens is 1. The summed E-state index contributed by atoms with van der Waals surface area (Å²) in [4.78, 5) is 2.43. The van der Waals surface area contributed by atoms with E-state index < -0.39 is 0 Å². The number of rotatable bonds is 5. The molecule has 2 heteroatoms. The molecule has 0 unspecified atom stereocenters. The van der Waals surface area contributed by atoms with Crippen molar-refractivity contribution in [3.05, 3.63) is 194 Å². The van der Waals surface area contributed by atoms with E-state index in [0.717, 1.165) is 22.7 Å². The van der Waals surface area contributed by atoms with E-state index in [2.05, 4.69) is 204 Å². The summed E-state index contributed by atoms with van der Waals surface area (Å²) in [6.07, 6.45) is 0. The maximum atomic E-state index is 2.43. The zero-order valence-electron chi connectivity index (χ0n) is 27.4. The fourth-order valence-electron chi connectivity index (χ4n) is 7.87. The van der Waals surface area contributed by atoms with Gasteiger partial charge in [-0.25, -0.2) is 0 Å². The lowest BCUT2D eigenvalue weighted by molar-refractivity contribution is 1.18. The molecule has 1 aromatic heterocycles. The number of para-hydroxylation sites is 3. The lowest BCUT2D eigenvalue weighted by Gasteiger charge is -2.28. The van der Waals surface area contributed by atoms with Gasteiger partial charge in [-0.2, -0.15) is 0 Å². The maximum absolute atomic E-state index is 2.43. The van der Waals surface area contributed by atoms with E-state index in [1.807, 2.05) is 0 Å². The number of nitrogens with zero attached hydrogens (tertiary/aromatic N) is 2. The standard InChI is InChI=1S/C48H32N2/c1-3-13-33(14-4-1)40-18-9-11-21-45(40)49(38-27-29-42-36(31-38)26-25-35-24-23-34-15-7-8-19-41(34)48(35)42)39-28-30-44-43-20-10-12-22-46(43)50(47(44)32-39)37-16-5-2-6-17-37/h1-32H. The van der Waals surface area contributed by atoms with Crippen molar-refractivity contribution in [2.24, 2.45) is 0 Å². The van der Waals surface area contributed by atoms with Crippen molar-refractivity contribution < 1.29 is 0 Å². The number of anilines is 3. The summed E-state index contributed by atoms with van der Waals surface area (Å²) in [5.74, 6) is 0. The molecular formula is C48H32N2. The average molecular weight is 637 g/mol. The van der Waals surface area contributed by atoms with E-state index in [1.165, 1.54) is 65.3 Å². The first-order chi connectivity index (χ1) is 24.8. The molecule has 1 heterocycles. The second kappa shape index (κ2) is 11.5. The lowest BCUT2D eigenvalue weighted by atomic mass is 9.96. The maximum Gasteiger partial charge on any atom is 0.0561 e. The second-order valence-corrected chi connectivity index (χ2v) is 13.0. The molecule has 0 atom stereocenters. The van der Waals surface area contributed by atoms with Gasteiger partial charge in [-0.05, 0) is 86.4 Å². The monoisotopic (exact) mass is 636 g/mol. The molecule has 0 amide bonds. The first-order valence-corrected chi connectivity index (χ1v) is 17.2. The van der Waals surface area contributed by atoms with Gasteiger partial charge < -0.3 is 9.47 Å². The van der Waals surface area contributed by atoms with Crippen LogP contribution in [0.15, 0.2) is 194 Å². The normalized spacial score (nSPS) is 11.6. The largest absolute Gasteiger partial charge is 0.310 e. The number of benzene rings is 9. The highest BCUT2D eigenvalue weighted by Gasteiger charge is 2.20. The van der Waals surface area contributed by atoms with Crippen molar-refractivity contribution in [1.29, 1.82) is 0 Å². The summed E-state index contributed by atoms with van der Waals surface area (Å²) in [7, 11) is 0. The Bertz CT molecular complexity index is 2870. The van der Waals surface area contributed by atoms with E-state index >= 15 is 0 Å². The Hall–Kier alpha value is -6.64. The molecule has 0 radical (unpaired) electrons. The van der Waals surface area contributed by atoms with Crippen molar-refractivity contribution in [2.45, 2.75) is 0 Å². The van der Waals surface area contributed by atoms with Crippen LogP contribution >= 0.6 is 0 Å². The fraction of sp³-hybridized carbons (Fsp3) is 0. The Morgan fingerprint density at radius 1 is 0.360 bits per heavy atom. The first-order valence-electron chi connectivity index (χ1n) is 17.2.